The van der Waals surface area contributed by atoms with Crippen molar-refractivity contribution in [3.63, 3.8) is 0 Å². The van der Waals surface area contributed by atoms with Gasteiger partial charge in [0.1, 0.15) is 0 Å². The summed E-state index contributed by atoms with van der Waals surface area (Å²) >= 11 is 0. The maximum atomic E-state index is 5.24. The van der Waals surface area contributed by atoms with E-state index in [0.717, 1.165) is 0 Å². The Morgan fingerprint density at radius 3 is 2.82 bits per heavy atom. The molecule has 0 aromatic heterocycles. The van der Waals surface area contributed by atoms with E-state index in [1.807, 2.05) is 24.3 Å². The van der Waals surface area contributed by atoms with E-state index in [1.54, 1.807) is 6.08 Å². The normalized spacial score (nSPS) is 9.45. The molecule has 0 saturated heterocycles. The van der Waals surface area contributed by atoms with Crippen LogP contribution in [0.25, 0.3) is 0 Å². The van der Waals surface area contributed by atoms with Crippen molar-refractivity contribution in [3.05, 3.63) is 48.6 Å². The fraction of sp³-hybridized carbons (Fsp3) is 0.200. The number of benzene rings is 1. The Morgan fingerprint density at radius 1 is 1.45 bits per heavy atom. The second-order valence-electron chi connectivity index (χ2n) is 2.21. The van der Waals surface area contributed by atoms with Gasteiger partial charge in [-0.1, -0.05) is 30.3 Å². The maximum absolute atomic E-state index is 5.24. The Labute approximate surface area is 67.3 Å². The van der Waals surface area contributed by atoms with Crippen molar-refractivity contribution in [2.75, 3.05) is 6.61 Å². The molecule has 1 rings (SSSR count). The molecule has 0 spiro atoms. The van der Waals surface area contributed by atoms with Crippen LogP contribution in [0.1, 0.15) is 5.56 Å². The molecule has 0 N–H and O–H groups in total. The lowest BCUT2D eigenvalue weighted by molar-refractivity contribution is 0.149. The number of hydrogen-bond acceptors (Lipinski definition) is 1. The van der Waals surface area contributed by atoms with E-state index in [2.05, 4.69) is 12.6 Å². The van der Waals surface area contributed by atoms with Gasteiger partial charge in [-0.3, -0.25) is 0 Å². The van der Waals surface area contributed by atoms with Crippen LogP contribution in [0, 0.1) is 6.07 Å². The predicted molar refractivity (Wildman–Crippen MR) is 45.1 cm³/mol. The van der Waals surface area contributed by atoms with Gasteiger partial charge < -0.3 is 4.74 Å². The van der Waals surface area contributed by atoms with Crippen molar-refractivity contribution < 1.29 is 4.74 Å². The molecule has 1 radical (unpaired) electrons. The van der Waals surface area contributed by atoms with E-state index in [9.17, 15) is 0 Å². The molecule has 0 saturated carbocycles. The summed E-state index contributed by atoms with van der Waals surface area (Å²) in [5.74, 6) is 0. The van der Waals surface area contributed by atoms with Crippen molar-refractivity contribution in [3.8, 4) is 0 Å². The molecular formula is C10H11O. The molecule has 0 unspecified atom stereocenters. The van der Waals surface area contributed by atoms with Crippen LogP contribution >= 0.6 is 0 Å². The van der Waals surface area contributed by atoms with Crippen LogP contribution in [0.5, 0.6) is 0 Å². The first-order valence-corrected chi connectivity index (χ1v) is 3.57. The third kappa shape index (κ3) is 3.01. The third-order valence-electron chi connectivity index (χ3n) is 1.29. The number of ether oxygens (including phenoxy) is 1. The summed E-state index contributed by atoms with van der Waals surface area (Å²) in [7, 11) is 0. The average Bonchev–Trinajstić information content (AvgIpc) is 2.07. The largest absolute Gasteiger partial charge is 0.373 e. The Morgan fingerprint density at radius 2 is 2.18 bits per heavy atom. The van der Waals surface area contributed by atoms with Crippen molar-refractivity contribution in [1.82, 2.24) is 0 Å². The summed E-state index contributed by atoms with van der Waals surface area (Å²) in [5, 5.41) is 0. The van der Waals surface area contributed by atoms with E-state index in [1.165, 1.54) is 5.56 Å². The first kappa shape index (κ1) is 8.02. The minimum absolute atomic E-state index is 0.610. The lowest BCUT2D eigenvalue weighted by Gasteiger charge is -1.99. The van der Waals surface area contributed by atoms with Crippen LogP contribution in [-0.2, 0) is 11.3 Å². The fourth-order valence-electron chi connectivity index (χ4n) is 0.778. The molecule has 1 aromatic carbocycles. The second kappa shape index (κ2) is 4.69. The molecule has 0 aliphatic rings. The lowest BCUT2D eigenvalue weighted by Crippen LogP contribution is -1.91. The first-order valence-electron chi connectivity index (χ1n) is 3.57. The van der Waals surface area contributed by atoms with Gasteiger partial charge in [-0.25, -0.2) is 0 Å². The second-order valence-corrected chi connectivity index (χ2v) is 2.21. The molecule has 1 heteroatoms. The van der Waals surface area contributed by atoms with E-state index < -0.39 is 0 Å². The first-order chi connectivity index (χ1) is 5.43. The lowest BCUT2D eigenvalue weighted by atomic mass is 10.2. The number of hydrogen-bond donors (Lipinski definition) is 0. The smallest absolute Gasteiger partial charge is 0.0721 e. The molecule has 1 nitrogen and oxygen atoms in total. The van der Waals surface area contributed by atoms with Crippen LogP contribution in [0.2, 0.25) is 0 Å². The summed E-state index contributed by atoms with van der Waals surface area (Å²) in [6.07, 6.45) is 1.75. The van der Waals surface area contributed by atoms with Gasteiger partial charge >= 0.3 is 0 Å². The van der Waals surface area contributed by atoms with Crippen LogP contribution in [0.4, 0.5) is 0 Å². The van der Waals surface area contributed by atoms with Gasteiger partial charge in [0.05, 0.1) is 13.2 Å². The van der Waals surface area contributed by atoms with Crippen molar-refractivity contribution >= 4 is 0 Å². The highest BCUT2D eigenvalue weighted by molar-refractivity contribution is 5.12. The van der Waals surface area contributed by atoms with Gasteiger partial charge in [0, 0.05) is 0 Å². The van der Waals surface area contributed by atoms with Gasteiger partial charge in [0.25, 0.3) is 0 Å². The topological polar surface area (TPSA) is 9.23 Å². The molecule has 0 bridgehead atoms. The highest BCUT2D eigenvalue weighted by Gasteiger charge is 1.87. The molecule has 57 valence electrons. The molecule has 1 aromatic rings. The molecule has 0 atom stereocenters. The Bertz CT molecular complexity index is 203. The van der Waals surface area contributed by atoms with Gasteiger partial charge in [0.2, 0.25) is 0 Å². The van der Waals surface area contributed by atoms with E-state index in [0.29, 0.717) is 13.2 Å². The zero-order valence-electron chi connectivity index (χ0n) is 6.42. The zero-order chi connectivity index (χ0) is 7.94. The summed E-state index contributed by atoms with van der Waals surface area (Å²) in [6, 6.07) is 10.7. The third-order valence-corrected chi connectivity index (χ3v) is 1.29. The van der Waals surface area contributed by atoms with Crippen molar-refractivity contribution in [1.29, 1.82) is 0 Å². The molecule has 0 aliphatic heterocycles. The summed E-state index contributed by atoms with van der Waals surface area (Å²) in [4.78, 5) is 0. The fourth-order valence-corrected chi connectivity index (χ4v) is 0.778. The van der Waals surface area contributed by atoms with Gasteiger partial charge in [-0.2, -0.15) is 0 Å². The van der Waals surface area contributed by atoms with Crippen LogP contribution in [0.15, 0.2) is 36.9 Å². The van der Waals surface area contributed by atoms with E-state index in [4.69, 9.17) is 4.74 Å². The van der Waals surface area contributed by atoms with Gasteiger partial charge in [0.15, 0.2) is 0 Å². The molecule has 0 heterocycles. The maximum Gasteiger partial charge on any atom is 0.0721 e. The molecule has 11 heavy (non-hydrogen) atoms. The molecule has 0 aliphatic carbocycles. The minimum atomic E-state index is 0.610. The Hall–Kier alpha value is -1.08. The standard InChI is InChI=1S/C10H11O/c1-2-8-11-9-10-6-4-3-5-7-10/h2,4-7H,1,8-9H2. The van der Waals surface area contributed by atoms with E-state index >= 15 is 0 Å². The van der Waals surface area contributed by atoms with Crippen LogP contribution < -0.4 is 0 Å². The highest BCUT2D eigenvalue weighted by atomic mass is 16.5. The van der Waals surface area contributed by atoms with Crippen LogP contribution in [0.3, 0.4) is 0 Å². The van der Waals surface area contributed by atoms with E-state index in [-0.39, 0.29) is 0 Å². The SMILES string of the molecule is C=CCOCc1cc[c]cc1. The molecule has 0 fully saturated rings. The average molecular weight is 147 g/mol. The minimum Gasteiger partial charge on any atom is -0.373 e. The predicted octanol–water partition coefficient (Wildman–Crippen LogP) is 2.19. The Kier molecular flexibility index (Phi) is 3.42. The van der Waals surface area contributed by atoms with Crippen molar-refractivity contribution in [2.24, 2.45) is 0 Å². The van der Waals surface area contributed by atoms with Gasteiger partial charge in [-0.05, 0) is 11.6 Å². The number of rotatable bonds is 4. The van der Waals surface area contributed by atoms with Crippen molar-refractivity contribution in [2.45, 2.75) is 6.61 Å². The zero-order valence-corrected chi connectivity index (χ0v) is 6.42. The molecule has 0 amide bonds. The summed E-state index contributed by atoms with van der Waals surface area (Å²) in [5.41, 5.74) is 1.17. The monoisotopic (exact) mass is 147 g/mol. The molecular weight excluding hydrogens is 136 g/mol. The van der Waals surface area contributed by atoms with Gasteiger partial charge in [-0.15, -0.1) is 6.58 Å². The quantitative estimate of drug-likeness (QED) is 0.468. The summed E-state index contributed by atoms with van der Waals surface area (Å²) in [6.45, 7) is 4.82. The Balaban J connectivity index is 2.33. The summed E-state index contributed by atoms with van der Waals surface area (Å²) < 4.78 is 5.24. The van der Waals surface area contributed by atoms with Crippen LogP contribution in [-0.4, -0.2) is 6.61 Å². The highest BCUT2D eigenvalue weighted by Crippen LogP contribution is 1.99.